The van der Waals surface area contributed by atoms with E-state index in [1.165, 1.54) is 6.33 Å². The zero-order valence-corrected chi connectivity index (χ0v) is 11.2. The highest BCUT2D eigenvalue weighted by Gasteiger charge is 2.16. The largest absolute Gasteiger partial charge is 0.464 e. The lowest BCUT2D eigenvalue weighted by molar-refractivity contribution is -0.143. The van der Waals surface area contributed by atoms with Crippen LogP contribution in [0.2, 0.25) is 5.15 Å². The third kappa shape index (κ3) is 3.31. The first-order valence-corrected chi connectivity index (χ1v) is 5.82. The molecule has 0 aliphatic carbocycles. The molecule has 1 aromatic rings. The molecule has 0 aliphatic rings. The fourth-order valence-electron chi connectivity index (χ4n) is 0.980. The van der Waals surface area contributed by atoms with Gasteiger partial charge >= 0.3 is 5.97 Å². The van der Waals surface area contributed by atoms with E-state index in [4.69, 9.17) is 16.3 Å². The molecule has 1 atom stereocenters. The van der Waals surface area contributed by atoms with E-state index >= 15 is 0 Å². The summed E-state index contributed by atoms with van der Waals surface area (Å²) in [6.07, 6.45) is 1.31. The maximum absolute atomic E-state index is 11.4. The summed E-state index contributed by atoms with van der Waals surface area (Å²) in [5.74, 6) is 0.115. The summed E-state index contributed by atoms with van der Waals surface area (Å²) in [4.78, 5) is 19.1. The van der Waals surface area contributed by atoms with Crippen LogP contribution in [0, 0.1) is 0 Å². The van der Waals surface area contributed by atoms with Crippen LogP contribution in [0.3, 0.4) is 0 Å². The van der Waals surface area contributed by atoms with Crippen LogP contribution in [0.25, 0.3) is 0 Å². The molecule has 0 saturated carbocycles. The second kappa shape index (κ2) is 6.00. The van der Waals surface area contributed by atoms with E-state index < -0.39 is 6.04 Å². The Labute approximate surface area is 107 Å². The number of nitrogens with one attached hydrogen (secondary N) is 1. The van der Waals surface area contributed by atoms with E-state index in [0.717, 1.165) is 0 Å². The van der Waals surface area contributed by atoms with E-state index in [0.29, 0.717) is 16.9 Å². The van der Waals surface area contributed by atoms with Gasteiger partial charge in [0.15, 0.2) is 0 Å². The number of ether oxygens (including phenoxy) is 1. The number of hydrogen-bond donors (Lipinski definition) is 1. The highest BCUT2D eigenvalue weighted by atomic mass is 79.9. The highest BCUT2D eigenvalue weighted by Crippen LogP contribution is 2.26. The zero-order valence-electron chi connectivity index (χ0n) is 8.83. The van der Waals surface area contributed by atoms with Crippen molar-refractivity contribution >= 4 is 39.3 Å². The zero-order chi connectivity index (χ0) is 12.1. The van der Waals surface area contributed by atoms with Crippen molar-refractivity contribution in [2.75, 3.05) is 11.9 Å². The molecule has 0 amide bonds. The molecule has 0 fully saturated rings. The van der Waals surface area contributed by atoms with Crippen LogP contribution < -0.4 is 5.32 Å². The van der Waals surface area contributed by atoms with Gasteiger partial charge in [0, 0.05) is 0 Å². The molecule has 0 aromatic carbocycles. The smallest absolute Gasteiger partial charge is 0.328 e. The number of carbonyl (C=O) groups excluding carboxylic acids is 1. The summed E-state index contributed by atoms with van der Waals surface area (Å²) < 4.78 is 5.37. The number of halogens is 2. The third-order valence-electron chi connectivity index (χ3n) is 1.74. The van der Waals surface area contributed by atoms with Crippen molar-refractivity contribution in [3.05, 3.63) is 16.0 Å². The van der Waals surface area contributed by atoms with Crippen molar-refractivity contribution in [3.8, 4) is 0 Å². The first-order chi connectivity index (χ1) is 7.56. The van der Waals surface area contributed by atoms with Crippen molar-refractivity contribution in [2.45, 2.75) is 19.9 Å². The van der Waals surface area contributed by atoms with Crippen LogP contribution in [-0.4, -0.2) is 28.6 Å². The van der Waals surface area contributed by atoms with Crippen molar-refractivity contribution in [2.24, 2.45) is 0 Å². The Morgan fingerprint density at radius 2 is 2.38 bits per heavy atom. The molecular formula is C9H11BrClN3O2. The predicted molar refractivity (Wildman–Crippen MR) is 64.5 cm³/mol. The topological polar surface area (TPSA) is 64.1 Å². The average Bonchev–Trinajstić information content (AvgIpc) is 2.25. The summed E-state index contributed by atoms with van der Waals surface area (Å²) in [5.41, 5.74) is 0. The van der Waals surface area contributed by atoms with E-state index in [1.54, 1.807) is 13.8 Å². The summed E-state index contributed by atoms with van der Waals surface area (Å²) in [6.45, 7) is 3.78. The van der Waals surface area contributed by atoms with Crippen LogP contribution in [0.1, 0.15) is 13.8 Å². The second-order valence-electron chi connectivity index (χ2n) is 2.95. The van der Waals surface area contributed by atoms with Gasteiger partial charge in [0.05, 0.1) is 11.1 Å². The number of hydrogen-bond acceptors (Lipinski definition) is 5. The molecule has 0 aliphatic heterocycles. The van der Waals surface area contributed by atoms with Gasteiger partial charge in [-0.25, -0.2) is 14.8 Å². The minimum absolute atomic E-state index is 0.286. The molecule has 1 rings (SSSR count). The number of esters is 1. The normalized spacial score (nSPS) is 12.0. The van der Waals surface area contributed by atoms with Gasteiger partial charge < -0.3 is 10.1 Å². The van der Waals surface area contributed by atoms with E-state index in [2.05, 4.69) is 31.2 Å². The predicted octanol–water partition coefficient (Wildman–Crippen LogP) is 2.26. The number of carbonyl (C=O) groups is 1. The maximum atomic E-state index is 11.4. The van der Waals surface area contributed by atoms with Gasteiger partial charge in [-0.1, -0.05) is 11.6 Å². The highest BCUT2D eigenvalue weighted by molar-refractivity contribution is 9.10. The fraction of sp³-hybridized carbons (Fsp3) is 0.444. The summed E-state index contributed by atoms with van der Waals surface area (Å²) >= 11 is 9.01. The molecule has 0 radical (unpaired) electrons. The molecule has 7 heteroatoms. The van der Waals surface area contributed by atoms with Gasteiger partial charge in [-0.05, 0) is 29.8 Å². The molecule has 16 heavy (non-hydrogen) atoms. The number of rotatable bonds is 4. The molecule has 0 bridgehead atoms. The van der Waals surface area contributed by atoms with Gasteiger partial charge in [0.2, 0.25) is 0 Å². The summed E-state index contributed by atoms with van der Waals surface area (Å²) in [7, 11) is 0. The molecular weight excluding hydrogens is 297 g/mol. The lowest BCUT2D eigenvalue weighted by Gasteiger charge is -2.14. The van der Waals surface area contributed by atoms with Crippen LogP contribution in [0.15, 0.2) is 10.8 Å². The third-order valence-corrected chi connectivity index (χ3v) is 3.01. The van der Waals surface area contributed by atoms with Crippen LogP contribution in [-0.2, 0) is 9.53 Å². The molecule has 0 spiro atoms. The summed E-state index contributed by atoms with van der Waals surface area (Å²) in [6, 6.07) is -0.498. The van der Waals surface area contributed by atoms with Gasteiger partial charge in [0.1, 0.15) is 23.3 Å². The van der Waals surface area contributed by atoms with Crippen molar-refractivity contribution in [1.82, 2.24) is 9.97 Å². The molecule has 1 aromatic heterocycles. The van der Waals surface area contributed by atoms with Gasteiger partial charge in [-0.2, -0.15) is 0 Å². The number of nitrogens with zero attached hydrogens (tertiary/aromatic N) is 2. The minimum atomic E-state index is -0.498. The number of aromatic nitrogens is 2. The first kappa shape index (κ1) is 13.2. The first-order valence-electron chi connectivity index (χ1n) is 4.65. The van der Waals surface area contributed by atoms with Crippen molar-refractivity contribution in [1.29, 1.82) is 0 Å². The Morgan fingerprint density at radius 1 is 1.69 bits per heavy atom. The van der Waals surface area contributed by atoms with E-state index in [1.807, 2.05) is 0 Å². The van der Waals surface area contributed by atoms with Crippen LogP contribution >= 0.6 is 27.5 Å². The van der Waals surface area contributed by atoms with Crippen molar-refractivity contribution in [3.63, 3.8) is 0 Å². The minimum Gasteiger partial charge on any atom is -0.464 e. The lowest BCUT2D eigenvalue weighted by atomic mass is 10.3. The Morgan fingerprint density at radius 3 is 3.00 bits per heavy atom. The monoisotopic (exact) mass is 307 g/mol. The average molecular weight is 309 g/mol. The number of anilines is 1. The van der Waals surface area contributed by atoms with Gasteiger partial charge in [-0.3, -0.25) is 0 Å². The molecule has 1 N–H and O–H groups in total. The van der Waals surface area contributed by atoms with Gasteiger partial charge in [0.25, 0.3) is 0 Å². The van der Waals surface area contributed by atoms with E-state index in [-0.39, 0.29) is 11.1 Å². The second-order valence-corrected chi connectivity index (χ2v) is 4.10. The van der Waals surface area contributed by atoms with Crippen LogP contribution in [0.4, 0.5) is 5.82 Å². The molecule has 1 unspecified atom stereocenters. The lowest BCUT2D eigenvalue weighted by Crippen LogP contribution is -2.28. The molecule has 5 nitrogen and oxygen atoms in total. The Kier molecular flexibility index (Phi) is 4.95. The Balaban J connectivity index is 2.73. The van der Waals surface area contributed by atoms with Crippen molar-refractivity contribution < 1.29 is 9.53 Å². The SMILES string of the molecule is CCOC(=O)C(C)Nc1ncnc(Cl)c1Br. The molecule has 88 valence electrons. The van der Waals surface area contributed by atoms with E-state index in [9.17, 15) is 4.79 Å². The summed E-state index contributed by atoms with van der Waals surface area (Å²) in [5, 5.41) is 3.16. The Hall–Kier alpha value is -0.880. The standard InChI is InChI=1S/C9H11BrClN3O2/c1-3-16-9(15)5(2)14-8-6(10)7(11)12-4-13-8/h4-5H,3H2,1-2H3,(H,12,13,14). The molecule has 1 heterocycles. The molecule has 0 saturated heterocycles. The maximum Gasteiger partial charge on any atom is 0.328 e. The van der Waals surface area contributed by atoms with Gasteiger partial charge in [-0.15, -0.1) is 0 Å². The fourth-order valence-corrected chi connectivity index (χ4v) is 1.43. The Bertz CT molecular complexity index is 389. The van der Waals surface area contributed by atoms with Crippen LogP contribution in [0.5, 0.6) is 0 Å². The quantitative estimate of drug-likeness (QED) is 0.683.